The van der Waals surface area contributed by atoms with Crippen molar-refractivity contribution in [2.45, 2.75) is 46.1 Å². The van der Waals surface area contributed by atoms with Gasteiger partial charge in [-0.3, -0.25) is 14.9 Å². The van der Waals surface area contributed by atoms with Crippen molar-refractivity contribution in [2.24, 2.45) is 0 Å². The summed E-state index contributed by atoms with van der Waals surface area (Å²) in [6, 6.07) is 16.8. The van der Waals surface area contributed by atoms with Gasteiger partial charge in [0, 0.05) is 18.7 Å². The zero-order valence-electron chi connectivity index (χ0n) is 18.8. The summed E-state index contributed by atoms with van der Waals surface area (Å²) in [6.07, 6.45) is 3.47. The van der Waals surface area contributed by atoms with Crippen LogP contribution >= 0.6 is 12.2 Å². The molecule has 0 saturated carbocycles. The van der Waals surface area contributed by atoms with Gasteiger partial charge in [0.15, 0.2) is 5.11 Å². The fourth-order valence-corrected chi connectivity index (χ4v) is 3.26. The first kappa shape index (κ1) is 25.3. The van der Waals surface area contributed by atoms with E-state index in [0.29, 0.717) is 31.9 Å². The number of amides is 1. The van der Waals surface area contributed by atoms with E-state index in [-0.39, 0.29) is 23.4 Å². The molecule has 6 nitrogen and oxygen atoms in total. The van der Waals surface area contributed by atoms with E-state index in [2.05, 4.69) is 12.2 Å². The van der Waals surface area contributed by atoms with Gasteiger partial charge in [0.1, 0.15) is 5.75 Å². The predicted molar refractivity (Wildman–Crippen MR) is 130 cm³/mol. The molecular formula is C25H32N2O4S. The van der Waals surface area contributed by atoms with Gasteiger partial charge < -0.3 is 14.4 Å². The first-order valence-corrected chi connectivity index (χ1v) is 11.5. The fraction of sp³-hybridized carbons (Fsp3) is 0.400. The van der Waals surface area contributed by atoms with Crippen LogP contribution in [0.2, 0.25) is 0 Å². The van der Waals surface area contributed by atoms with Crippen LogP contribution in [0.5, 0.6) is 5.75 Å². The Bertz CT molecular complexity index is 856. The van der Waals surface area contributed by atoms with Crippen LogP contribution in [0.15, 0.2) is 54.6 Å². The molecule has 0 spiro atoms. The van der Waals surface area contributed by atoms with Crippen LogP contribution in [0.25, 0.3) is 0 Å². The first-order chi connectivity index (χ1) is 15.5. The number of carbonyl (C=O) groups excluding carboxylic acids is 2. The smallest absolute Gasteiger partial charge is 0.307 e. The van der Waals surface area contributed by atoms with Crippen molar-refractivity contribution in [3.05, 3.63) is 65.7 Å². The van der Waals surface area contributed by atoms with Crippen LogP contribution < -0.4 is 10.1 Å². The second-order valence-corrected chi connectivity index (χ2v) is 7.69. The summed E-state index contributed by atoms with van der Waals surface area (Å²) in [5.74, 6) is 0.135. The van der Waals surface area contributed by atoms with E-state index in [4.69, 9.17) is 21.7 Å². The van der Waals surface area contributed by atoms with Crippen LogP contribution in [0.3, 0.4) is 0 Å². The lowest BCUT2D eigenvalue weighted by Crippen LogP contribution is -2.43. The molecule has 172 valence electrons. The molecule has 2 aromatic carbocycles. The highest BCUT2D eigenvalue weighted by molar-refractivity contribution is 7.80. The van der Waals surface area contributed by atoms with Gasteiger partial charge in [-0.25, -0.2) is 0 Å². The third kappa shape index (κ3) is 9.06. The number of hydrogen-bond acceptors (Lipinski definition) is 5. The molecule has 0 aliphatic heterocycles. The normalized spacial score (nSPS) is 10.3. The van der Waals surface area contributed by atoms with Gasteiger partial charge >= 0.3 is 5.97 Å². The summed E-state index contributed by atoms with van der Waals surface area (Å²) in [7, 11) is 0. The van der Waals surface area contributed by atoms with Crippen LogP contribution in [-0.4, -0.2) is 41.6 Å². The maximum Gasteiger partial charge on any atom is 0.307 e. The molecular weight excluding hydrogens is 424 g/mol. The molecule has 0 saturated heterocycles. The second-order valence-electron chi connectivity index (χ2n) is 7.30. The minimum absolute atomic E-state index is 0.181. The second kappa shape index (κ2) is 14.2. The Morgan fingerprint density at radius 3 is 2.38 bits per heavy atom. The first-order valence-electron chi connectivity index (χ1n) is 11.1. The molecule has 0 heterocycles. The van der Waals surface area contributed by atoms with E-state index in [0.717, 1.165) is 30.6 Å². The molecule has 2 aromatic rings. The molecule has 1 amide bonds. The van der Waals surface area contributed by atoms with Crippen LogP contribution in [-0.2, 0) is 16.1 Å². The molecule has 32 heavy (non-hydrogen) atoms. The molecule has 0 bridgehead atoms. The standard InChI is InChI=1S/C25H32N2O4S/c1-3-5-9-18-31-22-14-12-21(13-15-22)24(29)26-25(32)27(17-16-23(28)30-4-2)19-20-10-7-6-8-11-20/h6-8,10-15H,3-5,9,16-19H2,1-2H3,(H,26,29,32). The number of nitrogens with one attached hydrogen (secondary N) is 1. The monoisotopic (exact) mass is 456 g/mol. The van der Waals surface area contributed by atoms with Crippen molar-refractivity contribution < 1.29 is 19.1 Å². The van der Waals surface area contributed by atoms with Gasteiger partial charge in [0.2, 0.25) is 0 Å². The lowest BCUT2D eigenvalue weighted by Gasteiger charge is -2.25. The Balaban J connectivity index is 1.97. The predicted octanol–water partition coefficient (Wildman–Crippen LogP) is 4.73. The Hall–Kier alpha value is -2.93. The number of thiocarbonyl (C=S) groups is 1. The summed E-state index contributed by atoms with van der Waals surface area (Å²) in [4.78, 5) is 26.3. The molecule has 0 radical (unpaired) electrons. The zero-order chi connectivity index (χ0) is 23.2. The summed E-state index contributed by atoms with van der Waals surface area (Å²) in [5, 5.41) is 3.04. The summed E-state index contributed by atoms with van der Waals surface area (Å²) < 4.78 is 10.7. The fourth-order valence-electron chi connectivity index (χ4n) is 3.01. The number of ether oxygens (including phenoxy) is 2. The highest BCUT2D eigenvalue weighted by Crippen LogP contribution is 2.13. The van der Waals surface area contributed by atoms with Gasteiger partial charge in [0.05, 0.1) is 19.6 Å². The maximum atomic E-state index is 12.7. The summed E-state index contributed by atoms with van der Waals surface area (Å²) in [6.45, 7) is 5.73. The minimum atomic E-state index is -0.304. The van der Waals surface area contributed by atoms with E-state index in [1.807, 2.05) is 30.3 Å². The van der Waals surface area contributed by atoms with Crippen LogP contribution in [0.1, 0.15) is 55.5 Å². The Kier molecular flexibility index (Phi) is 11.2. The maximum absolute atomic E-state index is 12.7. The largest absolute Gasteiger partial charge is 0.494 e. The summed E-state index contributed by atoms with van der Waals surface area (Å²) >= 11 is 5.49. The van der Waals surface area contributed by atoms with E-state index >= 15 is 0 Å². The van der Waals surface area contributed by atoms with Gasteiger partial charge in [-0.1, -0.05) is 50.1 Å². The van der Waals surface area contributed by atoms with Crippen molar-refractivity contribution in [1.82, 2.24) is 10.2 Å². The van der Waals surface area contributed by atoms with Crippen molar-refractivity contribution in [3.63, 3.8) is 0 Å². The highest BCUT2D eigenvalue weighted by Gasteiger charge is 2.16. The average molecular weight is 457 g/mol. The topological polar surface area (TPSA) is 67.9 Å². The Labute approximate surface area is 195 Å². The van der Waals surface area contributed by atoms with Gasteiger partial charge in [-0.15, -0.1) is 0 Å². The zero-order valence-corrected chi connectivity index (χ0v) is 19.7. The SMILES string of the molecule is CCCCCOc1ccc(C(=O)NC(=S)N(CCC(=O)OCC)Cc2ccccc2)cc1. The molecule has 7 heteroatoms. The number of unbranched alkanes of at least 4 members (excludes halogenated alkanes) is 2. The lowest BCUT2D eigenvalue weighted by atomic mass is 10.2. The van der Waals surface area contributed by atoms with Crippen LogP contribution in [0.4, 0.5) is 0 Å². The van der Waals surface area contributed by atoms with E-state index in [1.54, 1.807) is 36.1 Å². The van der Waals surface area contributed by atoms with E-state index < -0.39 is 0 Å². The number of nitrogens with zero attached hydrogens (tertiary/aromatic N) is 1. The van der Waals surface area contributed by atoms with E-state index in [9.17, 15) is 9.59 Å². The molecule has 0 aromatic heterocycles. The molecule has 1 N–H and O–H groups in total. The highest BCUT2D eigenvalue weighted by atomic mass is 32.1. The Morgan fingerprint density at radius 1 is 1.00 bits per heavy atom. The average Bonchev–Trinajstić information content (AvgIpc) is 2.80. The Morgan fingerprint density at radius 2 is 1.72 bits per heavy atom. The number of carbonyl (C=O) groups is 2. The number of rotatable bonds is 12. The van der Waals surface area contributed by atoms with Crippen molar-refractivity contribution >= 4 is 29.2 Å². The third-order valence-corrected chi connectivity index (χ3v) is 5.11. The number of benzene rings is 2. The molecule has 0 atom stereocenters. The van der Waals surface area contributed by atoms with Crippen LogP contribution in [0, 0.1) is 0 Å². The van der Waals surface area contributed by atoms with Gasteiger partial charge in [0.25, 0.3) is 5.91 Å². The molecule has 0 aliphatic rings. The minimum Gasteiger partial charge on any atom is -0.494 e. The number of esters is 1. The molecule has 2 rings (SSSR count). The van der Waals surface area contributed by atoms with Gasteiger partial charge in [-0.2, -0.15) is 0 Å². The van der Waals surface area contributed by atoms with Crippen molar-refractivity contribution in [2.75, 3.05) is 19.8 Å². The van der Waals surface area contributed by atoms with Crippen molar-refractivity contribution in [3.8, 4) is 5.75 Å². The van der Waals surface area contributed by atoms with Gasteiger partial charge in [-0.05, 0) is 55.4 Å². The van der Waals surface area contributed by atoms with E-state index in [1.165, 1.54) is 0 Å². The molecule has 0 aliphatic carbocycles. The number of hydrogen-bond donors (Lipinski definition) is 1. The van der Waals surface area contributed by atoms with Crippen molar-refractivity contribution in [1.29, 1.82) is 0 Å². The molecule has 0 fully saturated rings. The summed E-state index contributed by atoms with van der Waals surface area (Å²) in [5.41, 5.74) is 1.51. The third-order valence-electron chi connectivity index (χ3n) is 4.75. The lowest BCUT2D eigenvalue weighted by molar-refractivity contribution is -0.143. The quantitative estimate of drug-likeness (QED) is 0.283. The molecule has 0 unspecified atom stereocenters.